The quantitative estimate of drug-likeness (QED) is 0.738. The Kier molecular flexibility index (Phi) is 7.69. The Morgan fingerprint density at radius 3 is 2.25 bits per heavy atom. The van der Waals surface area contributed by atoms with Crippen molar-refractivity contribution in [3.63, 3.8) is 0 Å². The zero-order chi connectivity index (χ0) is 18.3. The van der Waals surface area contributed by atoms with Gasteiger partial charge in [0.1, 0.15) is 5.75 Å². The van der Waals surface area contributed by atoms with Gasteiger partial charge < -0.3 is 10.1 Å². The zero-order valence-electron chi connectivity index (χ0n) is 15.1. The highest BCUT2D eigenvalue weighted by Gasteiger charge is 2.22. The molecule has 1 rings (SSSR count). The molecule has 0 aromatic heterocycles. The molecule has 1 amide bonds. The van der Waals surface area contributed by atoms with Gasteiger partial charge in [0.15, 0.2) is 0 Å². The zero-order valence-corrected chi connectivity index (χ0v) is 15.9. The van der Waals surface area contributed by atoms with Crippen LogP contribution in [0.25, 0.3) is 0 Å². The summed E-state index contributed by atoms with van der Waals surface area (Å²) in [6.07, 6.45) is 2.08. The summed E-state index contributed by atoms with van der Waals surface area (Å²) in [6.45, 7) is 7.82. The van der Waals surface area contributed by atoms with Crippen molar-refractivity contribution in [2.75, 3.05) is 18.1 Å². The average molecular weight is 356 g/mol. The van der Waals surface area contributed by atoms with Gasteiger partial charge in [-0.2, -0.15) is 4.31 Å². The minimum atomic E-state index is -3.33. The van der Waals surface area contributed by atoms with Gasteiger partial charge in [-0.3, -0.25) is 4.79 Å². The molecule has 24 heavy (non-hydrogen) atoms. The molecule has 0 fully saturated rings. The van der Waals surface area contributed by atoms with E-state index in [1.54, 1.807) is 24.3 Å². The first-order valence-corrected chi connectivity index (χ1v) is 10.0. The smallest absolute Gasteiger partial charge is 0.225 e. The van der Waals surface area contributed by atoms with Crippen LogP contribution in [-0.2, 0) is 14.8 Å². The van der Waals surface area contributed by atoms with Crippen molar-refractivity contribution < 1.29 is 17.9 Å². The molecule has 1 aromatic rings. The van der Waals surface area contributed by atoms with Crippen LogP contribution in [0.5, 0.6) is 5.75 Å². The Balaban J connectivity index is 2.59. The Hall–Kier alpha value is -1.60. The van der Waals surface area contributed by atoms with E-state index in [0.29, 0.717) is 12.1 Å². The number of sulfonamides is 1. The van der Waals surface area contributed by atoms with E-state index in [9.17, 15) is 13.2 Å². The third-order valence-electron chi connectivity index (χ3n) is 3.58. The van der Waals surface area contributed by atoms with Crippen LogP contribution in [0.4, 0.5) is 5.69 Å². The van der Waals surface area contributed by atoms with Gasteiger partial charge in [0.2, 0.25) is 15.9 Å². The summed E-state index contributed by atoms with van der Waals surface area (Å²) < 4.78 is 30.5. The lowest BCUT2D eigenvalue weighted by Gasteiger charge is -2.25. The van der Waals surface area contributed by atoms with Gasteiger partial charge in [0, 0.05) is 24.7 Å². The number of rotatable bonds is 9. The molecule has 0 bridgehead atoms. The van der Waals surface area contributed by atoms with Crippen LogP contribution in [-0.4, -0.2) is 43.6 Å². The summed E-state index contributed by atoms with van der Waals surface area (Å²) in [5.41, 5.74) is 0.658. The summed E-state index contributed by atoms with van der Waals surface area (Å²) in [4.78, 5) is 12.1. The van der Waals surface area contributed by atoms with Crippen molar-refractivity contribution in [3.05, 3.63) is 24.3 Å². The van der Waals surface area contributed by atoms with Crippen molar-refractivity contribution in [1.29, 1.82) is 0 Å². The Morgan fingerprint density at radius 1 is 1.21 bits per heavy atom. The van der Waals surface area contributed by atoms with E-state index in [0.717, 1.165) is 5.75 Å². The third kappa shape index (κ3) is 6.88. The second-order valence-corrected chi connectivity index (χ2v) is 8.06. The van der Waals surface area contributed by atoms with Gasteiger partial charge in [-0.15, -0.1) is 0 Å². The SMILES string of the molecule is CCC(C)N(CCC(=O)Nc1ccc(OC(C)C)cc1)S(C)(=O)=O. The van der Waals surface area contributed by atoms with E-state index in [2.05, 4.69) is 5.32 Å². The van der Waals surface area contributed by atoms with Gasteiger partial charge in [-0.05, 0) is 51.5 Å². The molecule has 0 saturated carbocycles. The number of amides is 1. The molecule has 0 aliphatic heterocycles. The number of anilines is 1. The molecule has 0 heterocycles. The van der Waals surface area contributed by atoms with Crippen LogP contribution in [0.3, 0.4) is 0 Å². The van der Waals surface area contributed by atoms with Gasteiger partial charge in [0.25, 0.3) is 0 Å². The molecule has 0 saturated heterocycles. The normalized spacial score (nSPS) is 13.1. The second-order valence-electron chi connectivity index (χ2n) is 6.12. The van der Waals surface area contributed by atoms with Crippen molar-refractivity contribution >= 4 is 21.6 Å². The van der Waals surface area contributed by atoms with Crippen LogP contribution >= 0.6 is 0 Å². The molecule has 0 aliphatic carbocycles. The van der Waals surface area contributed by atoms with Gasteiger partial charge >= 0.3 is 0 Å². The summed E-state index contributed by atoms with van der Waals surface area (Å²) in [7, 11) is -3.33. The lowest BCUT2D eigenvalue weighted by Crippen LogP contribution is -2.39. The molecule has 136 valence electrons. The van der Waals surface area contributed by atoms with Crippen LogP contribution < -0.4 is 10.1 Å². The Morgan fingerprint density at radius 2 is 1.79 bits per heavy atom. The van der Waals surface area contributed by atoms with Crippen molar-refractivity contribution in [2.24, 2.45) is 0 Å². The van der Waals surface area contributed by atoms with E-state index in [1.165, 1.54) is 10.6 Å². The van der Waals surface area contributed by atoms with Crippen molar-refractivity contribution in [2.45, 2.75) is 52.7 Å². The largest absolute Gasteiger partial charge is 0.491 e. The maximum absolute atomic E-state index is 12.1. The maximum Gasteiger partial charge on any atom is 0.225 e. The van der Waals surface area contributed by atoms with Crippen molar-refractivity contribution in [3.8, 4) is 5.75 Å². The van der Waals surface area contributed by atoms with E-state index in [-0.39, 0.29) is 31.0 Å². The minimum Gasteiger partial charge on any atom is -0.491 e. The average Bonchev–Trinajstić information content (AvgIpc) is 2.47. The van der Waals surface area contributed by atoms with Gasteiger partial charge in [-0.25, -0.2) is 8.42 Å². The number of hydrogen-bond donors (Lipinski definition) is 1. The monoisotopic (exact) mass is 356 g/mol. The van der Waals surface area contributed by atoms with Crippen LogP contribution in [0, 0.1) is 0 Å². The molecule has 1 N–H and O–H groups in total. The molecule has 1 aromatic carbocycles. The molecule has 6 nitrogen and oxygen atoms in total. The minimum absolute atomic E-state index is 0.0907. The molecule has 0 radical (unpaired) electrons. The first-order valence-electron chi connectivity index (χ1n) is 8.16. The lowest BCUT2D eigenvalue weighted by molar-refractivity contribution is -0.116. The fourth-order valence-electron chi connectivity index (χ4n) is 2.24. The lowest BCUT2D eigenvalue weighted by atomic mass is 10.2. The maximum atomic E-state index is 12.1. The third-order valence-corrected chi connectivity index (χ3v) is 4.97. The topological polar surface area (TPSA) is 75.7 Å². The van der Waals surface area contributed by atoms with Crippen LogP contribution in [0.2, 0.25) is 0 Å². The van der Waals surface area contributed by atoms with E-state index >= 15 is 0 Å². The predicted molar refractivity (Wildman–Crippen MR) is 96.8 cm³/mol. The molecule has 7 heteroatoms. The number of nitrogens with zero attached hydrogens (tertiary/aromatic N) is 1. The molecular formula is C17H28N2O4S. The molecule has 0 aliphatic rings. The number of hydrogen-bond acceptors (Lipinski definition) is 4. The highest BCUT2D eigenvalue weighted by Crippen LogP contribution is 2.17. The first kappa shape index (κ1) is 20.4. The second kappa shape index (κ2) is 9.03. The number of benzene rings is 1. The summed E-state index contributed by atoms with van der Waals surface area (Å²) in [6, 6.07) is 6.98. The van der Waals surface area contributed by atoms with Gasteiger partial charge in [-0.1, -0.05) is 6.92 Å². The summed E-state index contributed by atoms with van der Waals surface area (Å²) in [5, 5.41) is 2.77. The van der Waals surface area contributed by atoms with E-state index < -0.39 is 10.0 Å². The summed E-state index contributed by atoms with van der Waals surface area (Å²) >= 11 is 0. The Bertz CT molecular complexity index is 626. The number of carbonyl (C=O) groups is 1. The van der Waals surface area contributed by atoms with E-state index in [1.807, 2.05) is 27.7 Å². The van der Waals surface area contributed by atoms with Gasteiger partial charge in [0.05, 0.1) is 12.4 Å². The Labute approximate surface area is 145 Å². The van der Waals surface area contributed by atoms with Crippen LogP contribution in [0.1, 0.15) is 40.5 Å². The highest BCUT2D eigenvalue weighted by atomic mass is 32.2. The molecule has 0 spiro atoms. The fraction of sp³-hybridized carbons (Fsp3) is 0.588. The number of nitrogens with one attached hydrogen (secondary N) is 1. The fourth-order valence-corrected chi connectivity index (χ4v) is 3.47. The highest BCUT2D eigenvalue weighted by molar-refractivity contribution is 7.88. The number of ether oxygens (including phenoxy) is 1. The molecular weight excluding hydrogens is 328 g/mol. The van der Waals surface area contributed by atoms with E-state index in [4.69, 9.17) is 4.74 Å². The predicted octanol–water partition coefficient (Wildman–Crippen LogP) is 2.86. The molecule has 1 atom stereocenters. The number of carbonyl (C=O) groups excluding carboxylic acids is 1. The first-order chi connectivity index (χ1) is 11.1. The standard InChI is InChI=1S/C17H28N2O4S/c1-6-14(4)19(24(5,21)22)12-11-17(20)18-15-7-9-16(10-8-15)23-13(2)3/h7-10,13-14H,6,11-12H2,1-5H3,(H,18,20). The molecule has 1 unspecified atom stereocenters. The van der Waals surface area contributed by atoms with Crippen molar-refractivity contribution in [1.82, 2.24) is 4.31 Å². The van der Waals surface area contributed by atoms with Crippen LogP contribution in [0.15, 0.2) is 24.3 Å². The summed E-state index contributed by atoms with van der Waals surface area (Å²) in [5.74, 6) is 0.521.